The van der Waals surface area contributed by atoms with Crippen molar-refractivity contribution in [3.63, 3.8) is 0 Å². The zero-order valence-corrected chi connectivity index (χ0v) is 12.2. The number of benzene rings is 1. The van der Waals surface area contributed by atoms with Gasteiger partial charge in [0.05, 0.1) is 5.60 Å². The molecule has 0 atom stereocenters. The monoisotopic (exact) mass is 291 g/mol. The van der Waals surface area contributed by atoms with Crippen LogP contribution in [0.15, 0.2) is 36.5 Å². The summed E-state index contributed by atoms with van der Waals surface area (Å²) >= 11 is 0. The van der Waals surface area contributed by atoms with Crippen molar-refractivity contribution in [3.05, 3.63) is 42.3 Å². The molecular formula is C15H18FN3O2. The molecule has 2 rings (SSSR count). The molecule has 0 spiro atoms. The molecule has 0 aliphatic heterocycles. The molecule has 112 valence electrons. The normalized spacial score (nSPS) is 11.3. The lowest BCUT2D eigenvalue weighted by Gasteiger charge is -2.25. The van der Waals surface area contributed by atoms with Crippen LogP contribution in [-0.2, 0) is 0 Å². The number of rotatable bonds is 5. The first-order valence-corrected chi connectivity index (χ1v) is 6.53. The number of likely N-dealkylation sites (N-methyl/N-ethyl adjacent to an activating group) is 1. The third-order valence-electron chi connectivity index (χ3n) is 2.62. The van der Waals surface area contributed by atoms with Gasteiger partial charge in [-0.1, -0.05) is 0 Å². The summed E-state index contributed by atoms with van der Waals surface area (Å²) in [5, 5.41) is 9.82. The summed E-state index contributed by atoms with van der Waals surface area (Å²) in [5.41, 5.74) is -0.855. The van der Waals surface area contributed by atoms with E-state index in [1.54, 1.807) is 38.1 Å². The van der Waals surface area contributed by atoms with Gasteiger partial charge in [0.25, 0.3) is 0 Å². The van der Waals surface area contributed by atoms with E-state index >= 15 is 0 Å². The molecule has 0 bridgehead atoms. The third-order valence-corrected chi connectivity index (χ3v) is 2.62. The molecule has 1 N–H and O–H groups in total. The van der Waals surface area contributed by atoms with Gasteiger partial charge in [-0.25, -0.2) is 9.37 Å². The molecule has 0 saturated carbocycles. The van der Waals surface area contributed by atoms with Crippen LogP contribution in [-0.4, -0.2) is 34.3 Å². The fourth-order valence-electron chi connectivity index (χ4n) is 1.85. The van der Waals surface area contributed by atoms with Crippen LogP contribution in [0.4, 0.5) is 10.3 Å². The topological polar surface area (TPSA) is 58.5 Å². The molecule has 0 unspecified atom stereocenters. The minimum absolute atomic E-state index is 0.323. The lowest BCUT2D eigenvalue weighted by Crippen LogP contribution is -2.37. The highest BCUT2D eigenvalue weighted by molar-refractivity contribution is 5.33. The average molecular weight is 291 g/mol. The Morgan fingerprint density at radius 2 is 1.90 bits per heavy atom. The number of anilines is 1. The highest BCUT2D eigenvalue weighted by Gasteiger charge is 2.17. The van der Waals surface area contributed by atoms with Crippen molar-refractivity contribution in [1.29, 1.82) is 0 Å². The molecule has 0 amide bonds. The standard InChI is InChI=1S/C15H18FN3O2/c1-15(2,20)10-19(3)14-17-9-8-13(18-14)21-12-6-4-11(16)5-7-12/h4-9,20H,10H2,1-3H3. The molecule has 21 heavy (non-hydrogen) atoms. The Morgan fingerprint density at radius 3 is 2.52 bits per heavy atom. The third kappa shape index (κ3) is 4.68. The zero-order chi connectivity index (χ0) is 15.5. The Kier molecular flexibility index (Phi) is 4.37. The van der Waals surface area contributed by atoms with Crippen LogP contribution in [0.25, 0.3) is 0 Å². The van der Waals surface area contributed by atoms with Crippen LogP contribution in [0.2, 0.25) is 0 Å². The number of aromatic nitrogens is 2. The Balaban J connectivity index is 2.12. The smallest absolute Gasteiger partial charge is 0.228 e. The van der Waals surface area contributed by atoms with Crippen LogP contribution >= 0.6 is 0 Å². The van der Waals surface area contributed by atoms with Gasteiger partial charge in [-0.3, -0.25) is 0 Å². The summed E-state index contributed by atoms with van der Waals surface area (Å²) in [7, 11) is 1.79. The van der Waals surface area contributed by atoms with Crippen LogP contribution in [0.3, 0.4) is 0 Å². The lowest BCUT2D eigenvalue weighted by molar-refractivity contribution is 0.0882. The molecule has 0 saturated heterocycles. The van der Waals surface area contributed by atoms with Crippen molar-refractivity contribution in [2.75, 3.05) is 18.5 Å². The number of halogens is 1. The van der Waals surface area contributed by atoms with Crippen molar-refractivity contribution in [2.45, 2.75) is 19.4 Å². The molecule has 6 heteroatoms. The first-order valence-electron chi connectivity index (χ1n) is 6.53. The van der Waals surface area contributed by atoms with E-state index in [9.17, 15) is 9.50 Å². The number of ether oxygens (including phenoxy) is 1. The summed E-state index contributed by atoms with van der Waals surface area (Å²) in [4.78, 5) is 10.1. The fraction of sp³-hybridized carbons (Fsp3) is 0.333. The minimum Gasteiger partial charge on any atom is -0.439 e. The van der Waals surface area contributed by atoms with Crippen LogP contribution in [0.5, 0.6) is 11.6 Å². The molecular weight excluding hydrogens is 273 g/mol. The van der Waals surface area contributed by atoms with E-state index < -0.39 is 5.60 Å². The number of aliphatic hydroxyl groups is 1. The van der Waals surface area contributed by atoms with Gasteiger partial charge in [0.2, 0.25) is 11.8 Å². The van der Waals surface area contributed by atoms with Gasteiger partial charge in [0.1, 0.15) is 11.6 Å². The van der Waals surface area contributed by atoms with E-state index in [1.807, 2.05) is 0 Å². The number of nitrogens with zero attached hydrogens (tertiary/aromatic N) is 3. The summed E-state index contributed by atoms with van der Waals surface area (Å²) in [6.07, 6.45) is 1.57. The maximum absolute atomic E-state index is 12.8. The van der Waals surface area contributed by atoms with Gasteiger partial charge in [-0.2, -0.15) is 4.98 Å². The molecule has 2 aromatic rings. The number of hydrogen-bond donors (Lipinski definition) is 1. The highest BCUT2D eigenvalue weighted by atomic mass is 19.1. The summed E-state index contributed by atoms with van der Waals surface area (Å²) in [6.45, 7) is 3.80. The van der Waals surface area contributed by atoms with Gasteiger partial charge < -0.3 is 14.7 Å². The predicted molar refractivity (Wildman–Crippen MR) is 78.1 cm³/mol. The Labute approximate surface area is 123 Å². The molecule has 1 aromatic heterocycles. The van der Waals surface area contributed by atoms with Gasteiger partial charge in [0, 0.05) is 25.9 Å². The van der Waals surface area contributed by atoms with Crippen molar-refractivity contribution in [3.8, 4) is 11.6 Å². The van der Waals surface area contributed by atoms with E-state index in [4.69, 9.17) is 4.74 Å². The number of hydrogen-bond acceptors (Lipinski definition) is 5. The second-order valence-corrected chi connectivity index (χ2v) is 5.42. The summed E-state index contributed by atoms with van der Waals surface area (Å²) < 4.78 is 18.4. The maximum Gasteiger partial charge on any atom is 0.228 e. The Morgan fingerprint density at radius 1 is 1.24 bits per heavy atom. The molecule has 1 aromatic carbocycles. The SMILES string of the molecule is CN(CC(C)(C)O)c1nccc(Oc2ccc(F)cc2)n1. The van der Waals surface area contributed by atoms with Gasteiger partial charge in [0.15, 0.2) is 0 Å². The van der Waals surface area contributed by atoms with Gasteiger partial charge in [-0.15, -0.1) is 0 Å². The van der Waals surface area contributed by atoms with Gasteiger partial charge >= 0.3 is 0 Å². The zero-order valence-electron chi connectivity index (χ0n) is 12.2. The fourth-order valence-corrected chi connectivity index (χ4v) is 1.85. The Bertz CT molecular complexity index is 597. The second kappa shape index (κ2) is 6.05. The maximum atomic E-state index is 12.8. The Hall–Kier alpha value is -2.21. The second-order valence-electron chi connectivity index (χ2n) is 5.42. The quantitative estimate of drug-likeness (QED) is 0.917. The van der Waals surface area contributed by atoms with Gasteiger partial charge in [-0.05, 0) is 38.1 Å². The lowest BCUT2D eigenvalue weighted by atomic mass is 10.1. The van der Waals surface area contributed by atoms with Crippen molar-refractivity contribution >= 4 is 5.95 Å². The molecule has 0 aliphatic carbocycles. The van der Waals surface area contributed by atoms with Crippen molar-refractivity contribution in [2.24, 2.45) is 0 Å². The summed E-state index contributed by atoms with van der Waals surface area (Å²) in [6, 6.07) is 7.30. The average Bonchev–Trinajstić information content (AvgIpc) is 2.40. The highest BCUT2D eigenvalue weighted by Crippen LogP contribution is 2.21. The van der Waals surface area contributed by atoms with Crippen LogP contribution in [0, 0.1) is 5.82 Å². The van der Waals surface area contributed by atoms with E-state index in [0.717, 1.165) is 0 Å². The first kappa shape index (κ1) is 15.2. The van der Waals surface area contributed by atoms with E-state index in [-0.39, 0.29) is 5.82 Å². The van der Waals surface area contributed by atoms with Crippen LogP contribution in [0.1, 0.15) is 13.8 Å². The molecule has 5 nitrogen and oxygen atoms in total. The van der Waals surface area contributed by atoms with E-state index in [0.29, 0.717) is 24.1 Å². The van der Waals surface area contributed by atoms with E-state index in [2.05, 4.69) is 9.97 Å². The van der Waals surface area contributed by atoms with E-state index in [1.165, 1.54) is 24.3 Å². The largest absolute Gasteiger partial charge is 0.439 e. The van der Waals surface area contributed by atoms with Crippen molar-refractivity contribution < 1.29 is 14.2 Å². The molecule has 0 aliphatic rings. The molecule has 0 fully saturated rings. The molecule has 1 heterocycles. The summed E-state index contributed by atoms with van der Waals surface area (Å²) in [5.74, 6) is 0.966. The predicted octanol–water partition coefficient (Wildman–Crippen LogP) is 2.62. The molecule has 0 radical (unpaired) electrons. The van der Waals surface area contributed by atoms with Crippen LogP contribution < -0.4 is 9.64 Å². The first-order chi connectivity index (χ1) is 9.83. The minimum atomic E-state index is -0.855. The van der Waals surface area contributed by atoms with Crippen molar-refractivity contribution in [1.82, 2.24) is 9.97 Å².